The van der Waals surface area contributed by atoms with Crippen LogP contribution in [0.5, 0.6) is 0 Å². The number of esters is 4. The number of aliphatic hydroxyl groups is 1. The van der Waals surface area contributed by atoms with Crippen LogP contribution < -0.4 is 0 Å². The molecule has 0 rings (SSSR count). The van der Waals surface area contributed by atoms with E-state index in [2.05, 4.69) is 180 Å². The molecule has 0 bridgehead atoms. The molecule has 0 saturated carbocycles. The maximum absolute atomic E-state index is 13.1. The minimum absolute atomic E-state index is 0.00838. The molecule has 0 fully saturated rings. The summed E-state index contributed by atoms with van der Waals surface area (Å²) in [5.41, 5.74) is 0. The number of aliphatic hydroxyl groups excluding tert-OH is 1. The van der Waals surface area contributed by atoms with E-state index in [0.29, 0.717) is 44.9 Å². The molecule has 0 aromatic heterocycles. The average Bonchev–Trinajstić information content (AvgIpc) is 0.931. The van der Waals surface area contributed by atoms with Gasteiger partial charge >= 0.3 is 39.5 Å². The number of ether oxygens (including phenoxy) is 4. The van der Waals surface area contributed by atoms with Crippen molar-refractivity contribution in [1.82, 2.24) is 0 Å². The molecule has 5 atom stereocenters. The second kappa shape index (κ2) is 75.1. The van der Waals surface area contributed by atoms with Gasteiger partial charge in [-0.3, -0.25) is 37.3 Å². The first-order chi connectivity index (χ1) is 50.7. The Hall–Kier alpha value is -6.10. The zero-order valence-corrected chi connectivity index (χ0v) is 65.6. The van der Waals surface area contributed by atoms with E-state index < -0.39 is 97.5 Å². The number of phosphoric acid groups is 2. The van der Waals surface area contributed by atoms with Crippen LogP contribution in [-0.4, -0.2) is 96.7 Å². The van der Waals surface area contributed by atoms with Crippen molar-refractivity contribution in [2.75, 3.05) is 39.6 Å². The molecule has 0 aromatic rings. The number of hydrogen-bond acceptors (Lipinski definition) is 15. The Kier molecular flexibility index (Phi) is 70.7. The van der Waals surface area contributed by atoms with E-state index in [0.717, 1.165) is 122 Å². The normalized spacial score (nSPS) is 15.0. The van der Waals surface area contributed by atoms with E-state index in [-0.39, 0.29) is 25.7 Å². The van der Waals surface area contributed by atoms with Gasteiger partial charge in [0.25, 0.3) is 0 Å². The van der Waals surface area contributed by atoms with Gasteiger partial charge in [0.2, 0.25) is 0 Å². The highest BCUT2D eigenvalue weighted by atomic mass is 31.2. The predicted octanol–water partition coefficient (Wildman–Crippen LogP) is 22.5. The highest BCUT2D eigenvalue weighted by Gasteiger charge is 2.30. The molecule has 586 valence electrons. The van der Waals surface area contributed by atoms with E-state index in [4.69, 9.17) is 37.0 Å². The van der Waals surface area contributed by atoms with Gasteiger partial charge in [-0.05, 0) is 141 Å². The number of carbonyl (C=O) groups excluding carboxylic acids is 4. The Labute approximate surface area is 627 Å². The van der Waals surface area contributed by atoms with Gasteiger partial charge in [-0.2, -0.15) is 0 Å². The van der Waals surface area contributed by atoms with Gasteiger partial charge < -0.3 is 33.8 Å². The Morgan fingerprint density at radius 2 is 0.519 bits per heavy atom. The molecular formula is C85H134O17P2. The van der Waals surface area contributed by atoms with Crippen LogP contribution >= 0.6 is 15.6 Å². The summed E-state index contributed by atoms with van der Waals surface area (Å²) in [6, 6.07) is 0. The number of carbonyl (C=O) groups is 4. The predicted molar refractivity (Wildman–Crippen MR) is 426 cm³/mol. The Balaban J connectivity index is 5.52. The minimum atomic E-state index is -5.02. The largest absolute Gasteiger partial charge is 0.472 e. The second-order valence-electron chi connectivity index (χ2n) is 24.8. The maximum atomic E-state index is 13.1. The van der Waals surface area contributed by atoms with E-state index in [1.807, 2.05) is 42.5 Å². The number of phosphoric ester groups is 2. The summed E-state index contributed by atoms with van der Waals surface area (Å²) >= 11 is 0. The highest BCUT2D eigenvalue weighted by Crippen LogP contribution is 2.45. The fourth-order valence-corrected chi connectivity index (χ4v) is 10.9. The van der Waals surface area contributed by atoms with Crippen molar-refractivity contribution in [2.45, 2.75) is 277 Å². The molecule has 0 aliphatic heterocycles. The summed E-state index contributed by atoms with van der Waals surface area (Å²) in [5.74, 6) is -2.43. The van der Waals surface area contributed by atoms with E-state index in [1.165, 1.54) is 38.5 Å². The van der Waals surface area contributed by atoms with Gasteiger partial charge in [-0.25, -0.2) is 9.13 Å². The van der Waals surface area contributed by atoms with Crippen LogP contribution in [0.25, 0.3) is 0 Å². The van der Waals surface area contributed by atoms with Gasteiger partial charge in [0.1, 0.15) is 19.3 Å². The molecule has 0 heterocycles. The first-order valence-corrected chi connectivity index (χ1v) is 41.7. The fraction of sp³-hybridized carbons (Fsp3) is 0.576. The van der Waals surface area contributed by atoms with Gasteiger partial charge in [0.05, 0.1) is 26.4 Å². The topological polar surface area (TPSA) is 237 Å². The average molecular weight is 1490 g/mol. The molecule has 0 saturated heterocycles. The monoisotopic (exact) mass is 1490 g/mol. The maximum Gasteiger partial charge on any atom is 0.472 e. The highest BCUT2D eigenvalue weighted by molar-refractivity contribution is 7.47. The number of unbranched alkanes of at least 4 members (excludes halogenated alkanes) is 12. The Bertz CT molecular complexity index is 2740. The summed E-state index contributed by atoms with van der Waals surface area (Å²) in [7, 11) is -10.0. The molecule has 19 heteroatoms. The summed E-state index contributed by atoms with van der Waals surface area (Å²) in [5, 5.41) is 10.6. The Morgan fingerprint density at radius 1 is 0.279 bits per heavy atom. The smallest absolute Gasteiger partial charge is 0.462 e. The molecule has 0 radical (unpaired) electrons. The molecule has 0 aromatic carbocycles. The van der Waals surface area contributed by atoms with Gasteiger partial charge in [0, 0.05) is 25.7 Å². The van der Waals surface area contributed by atoms with Gasteiger partial charge in [-0.15, -0.1) is 0 Å². The second-order valence-corrected chi connectivity index (χ2v) is 27.7. The van der Waals surface area contributed by atoms with Crippen LogP contribution in [0.15, 0.2) is 194 Å². The lowest BCUT2D eigenvalue weighted by Crippen LogP contribution is -2.30. The van der Waals surface area contributed by atoms with Crippen LogP contribution in [0.1, 0.15) is 259 Å². The van der Waals surface area contributed by atoms with Crippen LogP contribution in [0.3, 0.4) is 0 Å². The van der Waals surface area contributed by atoms with Crippen molar-refractivity contribution in [3.8, 4) is 0 Å². The van der Waals surface area contributed by atoms with E-state index in [1.54, 1.807) is 0 Å². The summed E-state index contributed by atoms with van der Waals surface area (Å²) in [6.45, 7) is 4.27. The quantitative estimate of drug-likeness (QED) is 0.0169. The molecule has 104 heavy (non-hydrogen) atoms. The van der Waals surface area contributed by atoms with Crippen LogP contribution in [0.4, 0.5) is 0 Å². The molecule has 0 aliphatic rings. The Morgan fingerprint density at radius 3 is 0.827 bits per heavy atom. The minimum Gasteiger partial charge on any atom is -0.462 e. The third kappa shape index (κ3) is 74.2. The molecule has 5 unspecified atom stereocenters. The standard InChI is InChI=1S/C85H134O17P2/c1-5-9-13-17-21-25-29-32-35-38-39-42-44-47-51-54-58-62-66-70-83(88)96-76-81(102-85(90)72-68-64-60-56-52-48-45-41-37-34-31-27-23-19-15-11-7-3)78-100-104(93,94)98-74-79(86)73-97-103(91,92)99-77-80(101-84(89)71-67-63-59-55-49-28-24-20-16-12-8-4)75-95-82(87)69-65-61-57-53-50-46-43-40-36-33-30-26-22-18-14-10-6-2/h9-11,13-15,21-23,25-27,32-37,39,42-43,45-48,51,53,56-58,60,62,79-81,86H,5-8,12,16-20,24,28-31,38,40-41,44,49-50,52,54-55,59,61,63-78H2,1-4H3,(H,91,92)(H,93,94)/b13-9-,14-10-,15-11-,25-21-,26-22-,27-23-,35-32-,36-33-,37-34-,42-39-,46-43-,48-45-,51-47-,57-53-,60-56-,62-58-. The zero-order chi connectivity index (χ0) is 76.0. The molecular weight excluding hydrogens is 1350 g/mol. The van der Waals surface area contributed by atoms with Crippen molar-refractivity contribution >= 4 is 39.5 Å². The lowest BCUT2D eigenvalue weighted by Gasteiger charge is -2.21. The summed E-state index contributed by atoms with van der Waals surface area (Å²) < 4.78 is 68.3. The third-order valence-electron chi connectivity index (χ3n) is 15.1. The van der Waals surface area contributed by atoms with Gasteiger partial charge in [0.15, 0.2) is 12.2 Å². The molecule has 0 amide bonds. The lowest BCUT2D eigenvalue weighted by atomic mass is 10.1. The SMILES string of the molecule is CC/C=C\C/C=C\C/C=C\C/C=C\C/C=C\C/C=C\CCC(=O)OCC(COP(=O)(O)OCC(O)COP(=O)(O)OCC(COC(=O)CCC/C=C\C/C=C\C/C=C\C/C=C\C/C=C\CC)OC(=O)CCCCCCCCCCCCC)OC(=O)CCC/C=C\C/C=C\C/C=C\C/C=C\C/C=C\CC. The molecule has 0 aliphatic carbocycles. The van der Waals surface area contributed by atoms with Crippen LogP contribution in [0.2, 0.25) is 0 Å². The first-order valence-electron chi connectivity index (χ1n) is 38.7. The van der Waals surface area contributed by atoms with E-state index in [9.17, 15) is 43.2 Å². The fourth-order valence-electron chi connectivity index (χ4n) is 9.32. The number of rotatable bonds is 70. The zero-order valence-electron chi connectivity index (χ0n) is 63.9. The summed E-state index contributed by atoms with van der Waals surface area (Å²) in [6.07, 6.45) is 91.7. The number of allylic oxidation sites excluding steroid dienone is 32. The van der Waals surface area contributed by atoms with Crippen molar-refractivity contribution in [3.05, 3.63) is 194 Å². The number of hydrogen-bond donors (Lipinski definition) is 3. The molecule has 17 nitrogen and oxygen atoms in total. The van der Waals surface area contributed by atoms with Crippen molar-refractivity contribution < 1.29 is 80.2 Å². The molecule has 3 N–H and O–H groups in total. The van der Waals surface area contributed by atoms with Crippen LogP contribution in [-0.2, 0) is 65.4 Å². The van der Waals surface area contributed by atoms with Crippen molar-refractivity contribution in [3.63, 3.8) is 0 Å². The molecule has 0 spiro atoms. The van der Waals surface area contributed by atoms with Gasteiger partial charge in [-0.1, -0.05) is 286 Å². The third-order valence-corrected chi connectivity index (χ3v) is 17.0. The van der Waals surface area contributed by atoms with Crippen molar-refractivity contribution in [2.24, 2.45) is 0 Å². The first kappa shape index (κ1) is 97.9. The van der Waals surface area contributed by atoms with E-state index >= 15 is 0 Å². The van der Waals surface area contributed by atoms with Crippen molar-refractivity contribution in [1.29, 1.82) is 0 Å². The lowest BCUT2D eigenvalue weighted by molar-refractivity contribution is -0.161. The van der Waals surface area contributed by atoms with Crippen LogP contribution in [0, 0.1) is 0 Å². The summed E-state index contributed by atoms with van der Waals surface area (Å²) in [4.78, 5) is 72.8.